The van der Waals surface area contributed by atoms with E-state index < -0.39 is 18.2 Å². The maximum atomic E-state index is 12.0. The number of hydrogen-bond donors (Lipinski definition) is 2. The smallest absolute Gasteiger partial charge is 0.407 e. The van der Waals surface area contributed by atoms with Crippen LogP contribution in [0.3, 0.4) is 0 Å². The first-order chi connectivity index (χ1) is 13.5. The number of carbonyl (C=O) groups excluding carboxylic acids is 2. The summed E-state index contributed by atoms with van der Waals surface area (Å²) < 4.78 is 11.8. The van der Waals surface area contributed by atoms with E-state index in [-0.39, 0.29) is 18.6 Å². The van der Waals surface area contributed by atoms with Gasteiger partial charge in [-0.15, -0.1) is 0 Å². The van der Waals surface area contributed by atoms with E-state index in [4.69, 9.17) is 9.47 Å². The van der Waals surface area contributed by atoms with Gasteiger partial charge in [0.15, 0.2) is 0 Å². The van der Waals surface area contributed by atoms with Crippen LogP contribution in [0.1, 0.15) is 35.7 Å². The zero-order valence-corrected chi connectivity index (χ0v) is 15.8. The van der Waals surface area contributed by atoms with Crippen molar-refractivity contribution in [2.75, 3.05) is 6.61 Å². The predicted octanol–water partition coefficient (Wildman–Crippen LogP) is 2.13. The maximum Gasteiger partial charge on any atom is 0.407 e. The molecule has 150 valence electrons. The highest BCUT2D eigenvalue weighted by molar-refractivity contribution is 5.88. The lowest BCUT2D eigenvalue weighted by atomic mass is 10.1. The summed E-state index contributed by atoms with van der Waals surface area (Å²) in [6, 6.07) is 9.04. The fraction of sp³-hybridized carbons (Fsp3) is 0.450. The highest BCUT2D eigenvalue weighted by atomic mass is 16.5. The molecule has 2 N–H and O–H groups in total. The number of aliphatic hydroxyl groups is 1. The van der Waals surface area contributed by atoms with Crippen LogP contribution in [0.4, 0.5) is 4.79 Å². The van der Waals surface area contributed by atoms with Gasteiger partial charge in [0.2, 0.25) is 0 Å². The second kappa shape index (κ2) is 9.36. The zero-order valence-electron chi connectivity index (χ0n) is 15.8. The molecule has 3 atom stereocenters. The van der Waals surface area contributed by atoms with Crippen LogP contribution >= 0.6 is 0 Å². The Kier molecular flexibility index (Phi) is 6.65. The molecule has 0 radical (unpaired) electrons. The maximum absolute atomic E-state index is 12.0. The molecule has 2 aromatic rings. The third-order valence-electron chi connectivity index (χ3n) is 4.73. The van der Waals surface area contributed by atoms with Gasteiger partial charge in [-0.05, 0) is 31.2 Å². The van der Waals surface area contributed by atoms with Crippen LogP contribution in [-0.2, 0) is 22.6 Å². The molecule has 0 saturated heterocycles. The Bertz CT molecular complexity index is 792. The third kappa shape index (κ3) is 5.32. The van der Waals surface area contributed by atoms with Crippen LogP contribution in [-0.4, -0.2) is 45.7 Å². The van der Waals surface area contributed by atoms with E-state index in [2.05, 4.69) is 10.4 Å². The predicted molar refractivity (Wildman–Crippen MR) is 100 cm³/mol. The standard InChI is InChI=1S/C20H25N3O5/c1-2-27-19(25)16-10-21-23(12-16)11-15-8-17(18(24)9-15)22-20(26)28-13-14-6-4-3-5-7-14/h3-7,10,12,15,17-18,24H,2,8-9,11,13H2,1H3,(H,22,26)/t15?,17-,18-/m1/s1. The second-order valence-corrected chi connectivity index (χ2v) is 6.89. The summed E-state index contributed by atoms with van der Waals surface area (Å²) in [5.41, 5.74) is 1.30. The van der Waals surface area contributed by atoms with Crippen molar-refractivity contribution in [2.45, 2.75) is 45.1 Å². The van der Waals surface area contributed by atoms with Gasteiger partial charge < -0.3 is 19.9 Å². The summed E-state index contributed by atoms with van der Waals surface area (Å²) in [7, 11) is 0. The van der Waals surface area contributed by atoms with Gasteiger partial charge in [0, 0.05) is 12.7 Å². The Labute approximate surface area is 163 Å². The molecule has 1 heterocycles. The van der Waals surface area contributed by atoms with Gasteiger partial charge in [0.25, 0.3) is 0 Å². The fourth-order valence-corrected chi connectivity index (χ4v) is 3.39. The minimum atomic E-state index is -0.644. The second-order valence-electron chi connectivity index (χ2n) is 6.89. The van der Waals surface area contributed by atoms with Crippen molar-refractivity contribution >= 4 is 12.1 Å². The number of carbonyl (C=O) groups is 2. The lowest BCUT2D eigenvalue weighted by Crippen LogP contribution is -2.40. The Balaban J connectivity index is 1.46. The van der Waals surface area contributed by atoms with Crippen LogP contribution in [0.2, 0.25) is 0 Å². The number of ether oxygens (including phenoxy) is 2. The lowest BCUT2D eigenvalue weighted by Gasteiger charge is -2.16. The van der Waals surface area contributed by atoms with Crippen LogP contribution in [0.25, 0.3) is 0 Å². The van der Waals surface area contributed by atoms with Gasteiger partial charge in [0.1, 0.15) is 6.61 Å². The number of amides is 1. The van der Waals surface area contributed by atoms with E-state index in [0.29, 0.717) is 31.6 Å². The molecule has 1 amide bonds. The largest absolute Gasteiger partial charge is 0.462 e. The highest BCUT2D eigenvalue weighted by Gasteiger charge is 2.34. The normalized spacial score (nSPS) is 21.3. The summed E-state index contributed by atoms with van der Waals surface area (Å²) in [4.78, 5) is 23.7. The molecule has 0 spiro atoms. The number of rotatable bonds is 7. The fourth-order valence-electron chi connectivity index (χ4n) is 3.39. The number of aliphatic hydroxyl groups excluding tert-OH is 1. The van der Waals surface area contributed by atoms with E-state index in [1.807, 2.05) is 30.3 Å². The molecule has 1 aromatic heterocycles. The topological polar surface area (TPSA) is 103 Å². The van der Waals surface area contributed by atoms with Gasteiger partial charge in [-0.2, -0.15) is 5.10 Å². The van der Waals surface area contributed by atoms with Crippen molar-refractivity contribution in [2.24, 2.45) is 5.92 Å². The van der Waals surface area contributed by atoms with Crippen LogP contribution in [0.15, 0.2) is 42.7 Å². The van der Waals surface area contributed by atoms with Gasteiger partial charge in [-0.1, -0.05) is 30.3 Å². The Morgan fingerprint density at radius 3 is 2.79 bits per heavy atom. The van der Waals surface area contributed by atoms with Crippen molar-refractivity contribution in [3.8, 4) is 0 Å². The molecular formula is C20H25N3O5. The van der Waals surface area contributed by atoms with Crippen molar-refractivity contribution in [1.82, 2.24) is 15.1 Å². The molecule has 28 heavy (non-hydrogen) atoms. The molecule has 8 nitrogen and oxygen atoms in total. The first-order valence-corrected chi connectivity index (χ1v) is 9.40. The van der Waals surface area contributed by atoms with E-state index >= 15 is 0 Å². The van der Waals surface area contributed by atoms with Crippen LogP contribution in [0, 0.1) is 5.92 Å². The quantitative estimate of drug-likeness (QED) is 0.706. The number of benzene rings is 1. The van der Waals surface area contributed by atoms with E-state index in [1.54, 1.807) is 17.8 Å². The molecule has 1 unspecified atom stereocenters. The highest BCUT2D eigenvalue weighted by Crippen LogP contribution is 2.27. The van der Waals surface area contributed by atoms with Crippen molar-refractivity contribution in [3.63, 3.8) is 0 Å². The van der Waals surface area contributed by atoms with Gasteiger partial charge in [0.05, 0.1) is 30.5 Å². The Morgan fingerprint density at radius 1 is 1.25 bits per heavy atom. The third-order valence-corrected chi connectivity index (χ3v) is 4.73. The Morgan fingerprint density at radius 2 is 2.04 bits per heavy atom. The monoisotopic (exact) mass is 387 g/mol. The van der Waals surface area contributed by atoms with Crippen molar-refractivity contribution in [3.05, 3.63) is 53.9 Å². The molecule has 8 heteroatoms. The molecule has 1 aliphatic rings. The minimum Gasteiger partial charge on any atom is -0.462 e. The average molecular weight is 387 g/mol. The lowest BCUT2D eigenvalue weighted by molar-refractivity contribution is 0.0526. The number of hydrogen-bond acceptors (Lipinski definition) is 6. The summed E-state index contributed by atoms with van der Waals surface area (Å²) >= 11 is 0. The number of esters is 1. The summed E-state index contributed by atoms with van der Waals surface area (Å²) in [6.45, 7) is 2.79. The minimum absolute atomic E-state index is 0.129. The van der Waals surface area contributed by atoms with Gasteiger partial charge in [-0.3, -0.25) is 4.68 Å². The van der Waals surface area contributed by atoms with Gasteiger partial charge >= 0.3 is 12.1 Å². The zero-order chi connectivity index (χ0) is 19.9. The van der Waals surface area contributed by atoms with Gasteiger partial charge in [-0.25, -0.2) is 9.59 Å². The summed E-state index contributed by atoms with van der Waals surface area (Å²) in [6.07, 6.45) is 3.07. The Hall–Kier alpha value is -2.87. The van der Waals surface area contributed by atoms with Crippen LogP contribution < -0.4 is 5.32 Å². The molecule has 1 aromatic carbocycles. The number of nitrogens with zero attached hydrogens (tertiary/aromatic N) is 2. The van der Waals surface area contributed by atoms with E-state index in [1.165, 1.54) is 6.20 Å². The van der Waals surface area contributed by atoms with Crippen molar-refractivity contribution < 1.29 is 24.2 Å². The molecule has 0 bridgehead atoms. The molecular weight excluding hydrogens is 362 g/mol. The molecule has 3 rings (SSSR count). The number of alkyl carbamates (subject to hydrolysis) is 1. The van der Waals surface area contributed by atoms with Crippen LogP contribution in [0.5, 0.6) is 0 Å². The first-order valence-electron chi connectivity index (χ1n) is 9.40. The summed E-state index contributed by atoms with van der Waals surface area (Å²) in [5, 5.41) is 17.2. The summed E-state index contributed by atoms with van der Waals surface area (Å²) in [5.74, 6) is -0.273. The number of nitrogens with one attached hydrogen (secondary N) is 1. The SMILES string of the molecule is CCOC(=O)c1cnn(CC2C[C@@H](O)[C@H](NC(=O)OCc3ccccc3)C2)c1. The molecule has 0 aliphatic heterocycles. The molecule has 1 fully saturated rings. The molecule has 1 saturated carbocycles. The average Bonchev–Trinajstić information content (AvgIpc) is 3.28. The molecule has 1 aliphatic carbocycles. The van der Waals surface area contributed by atoms with E-state index in [0.717, 1.165) is 5.56 Å². The number of aromatic nitrogens is 2. The first kappa shape index (κ1) is 19.9. The van der Waals surface area contributed by atoms with Crippen molar-refractivity contribution in [1.29, 1.82) is 0 Å². The van der Waals surface area contributed by atoms with E-state index in [9.17, 15) is 14.7 Å².